The Morgan fingerprint density at radius 3 is 2.37 bits per heavy atom. The van der Waals surface area contributed by atoms with Gasteiger partial charge in [-0.1, -0.05) is 47.6 Å². The molecule has 3 aliphatic rings. The number of carbonyl (C=O) groups is 5. The highest BCUT2D eigenvalue weighted by Crippen LogP contribution is 2.45. The van der Waals surface area contributed by atoms with E-state index in [1.165, 1.54) is 22.3 Å². The molecule has 306 valence electrons. The van der Waals surface area contributed by atoms with Crippen LogP contribution >= 0.6 is 11.3 Å². The van der Waals surface area contributed by atoms with Crippen LogP contribution in [-0.2, 0) is 23.9 Å². The van der Waals surface area contributed by atoms with Crippen molar-refractivity contribution in [2.45, 2.75) is 110 Å². The molecule has 0 radical (unpaired) electrons. The summed E-state index contributed by atoms with van der Waals surface area (Å²) in [4.78, 5) is 77.7. The number of fused-ring (bicyclic) bond motifs is 1. The van der Waals surface area contributed by atoms with Gasteiger partial charge in [-0.05, 0) is 49.7 Å². The van der Waals surface area contributed by atoms with Crippen LogP contribution in [0.2, 0.25) is 0 Å². The largest absolute Gasteiger partial charge is 0.497 e. The molecule has 0 spiro atoms. The van der Waals surface area contributed by atoms with Crippen LogP contribution in [0, 0.1) is 16.7 Å². The number of carbonyl (C=O) groups excluding carboxylic acids is 4. The zero-order valence-electron chi connectivity index (χ0n) is 33.5. The first-order valence-corrected chi connectivity index (χ1v) is 20.1. The van der Waals surface area contributed by atoms with Gasteiger partial charge in [0.1, 0.15) is 47.0 Å². The lowest BCUT2D eigenvalue weighted by Gasteiger charge is -2.35. The number of aliphatic carboxylic acids is 1. The van der Waals surface area contributed by atoms with Gasteiger partial charge in [0.25, 0.3) is 0 Å². The van der Waals surface area contributed by atoms with Crippen molar-refractivity contribution in [1.82, 2.24) is 25.5 Å². The Kier molecular flexibility index (Phi) is 11.6. The Balaban J connectivity index is 1.32. The SMILES string of the molecule is C=C[C@@H]1C[C@]1(NC(=O)[C@H]1C[C@@H](Oc2cc(-c3csc(NC(=O)C(C)(C)C)n3)nc3cc(OC)ccc23)CN1C(=O)[C@@H](NC(=O)OC1CCCC1)C(C)(C)C)C(=O)O. The van der Waals surface area contributed by atoms with Crippen molar-refractivity contribution in [3.8, 4) is 22.9 Å². The first kappa shape index (κ1) is 41.4. The number of carboxylic acid groups (broad SMARTS) is 1. The van der Waals surface area contributed by atoms with Gasteiger partial charge in [-0.3, -0.25) is 14.4 Å². The Morgan fingerprint density at radius 2 is 1.75 bits per heavy atom. The number of pyridine rings is 1. The normalized spacial score (nSPS) is 22.7. The third-order valence-corrected chi connectivity index (χ3v) is 11.5. The molecule has 57 heavy (non-hydrogen) atoms. The molecule has 1 aliphatic heterocycles. The minimum Gasteiger partial charge on any atom is -0.497 e. The topological polar surface area (TPSA) is 198 Å². The van der Waals surface area contributed by atoms with Gasteiger partial charge in [-0.15, -0.1) is 17.9 Å². The predicted octanol–water partition coefficient (Wildman–Crippen LogP) is 5.93. The molecule has 3 aromatic rings. The van der Waals surface area contributed by atoms with E-state index in [-0.39, 0.29) is 31.4 Å². The number of nitrogens with zero attached hydrogens (tertiary/aromatic N) is 3. The van der Waals surface area contributed by atoms with Crippen molar-refractivity contribution >= 4 is 57.2 Å². The van der Waals surface area contributed by atoms with Gasteiger partial charge in [-0.25, -0.2) is 19.6 Å². The number of likely N-dealkylation sites (tertiary alicyclic amines) is 1. The molecule has 2 saturated carbocycles. The average molecular weight is 805 g/mol. The van der Waals surface area contributed by atoms with Crippen LogP contribution < -0.4 is 25.4 Å². The highest BCUT2D eigenvalue weighted by Gasteiger charge is 2.61. The molecule has 3 heterocycles. The van der Waals surface area contributed by atoms with Crippen LogP contribution in [0.4, 0.5) is 9.93 Å². The molecule has 3 fully saturated rings. The minimum atomic E-state index is -1.53. The molecule has 2 aliphatic carbocycles. The van der Waals surface area contributed by atoms with Crippen molar-refractivity contribution in [3.05, 3.63) is 42.3 Å². The van der Waals surface area contributed by atoms with E-state index in [2.05, 4.69) is 27.5 Å². The van der Waals surface area contributed by atoms with E-state index >= 15 is 0 Å². The number of anilines is 1. The average Bonchev–Trinajstić information content (AvgIpc) is 3.56. The second kappa shape index (κ2) is 15.9. The minimum absolute atomic E-state index is 0.0183. The quantitative estimate of drug-likeness (QED) is 0.158. The molecule has 4 amide bonds. The highest BCUT2D eigenvalue weighted by molar-refractivity contribution is 7.14. The number of hydrogen-bond acceptors (Lipinski definition) is 11. The summed E-state index contributed by atoms with van der Waals surface area (Å²) in [5.74, 6) is -2.09. The molecule has 1 saturated heterocycles. The standard InChI is InChI=1S/C41H52N6O9S/c1-9-22-19-41(22,36(51)52)46-33(48)30-17-25(20-47(30)34(49)32(39(2,3)4)44-38(53)56-23-12-10-11-13-23)55-31-18-28(42-27-16-24(54-8)14-15-26(27)31)29-21-57-37(43-29)45-35(50)40(5,6)7/h9,14-16,18,21-23,25,30,32H,1,10-13,17,19-20H2,2-8H3,(H,44,53)(H,46,48)(H,51,52)(H,43,45,50)/t22-,25-,30-,32-,41-/m1/s1. The molecule has 5 atom stereocenters. The zero-order chi connectivity index (χ0) is 41.4. The molecule has 15 nitrogen and oxygen atoms in total. The van der Waals surface area contributed by atoms with Crippen LogP contribution in [0.25, 0.3) is 22.3 Å². The third kappa shape index (κ3) is 9.00. The van der Waals surface area contributed by atoms with E-state index < -0.39 is 64.4 Å². The van der Waals surface area contributed by atoms with Crippen LogP contribution in [-0.4, -0.2) is 93.2 Å². The number of alkyl carbamates (subject to hydrolysis) is 1. The molecule has 1 aromatic carbocycles. The fraction of sp³-hybridized carbons (Fsp3) is 0.537. The van der Waals surface area contributed by atoms with Gasteiger partial charge in [0.2, 0.25) is 17.7 Å². The van der Waals surface area contributed by atoms with E-state index in [1.54, 1.807) is 57.5 Å². The Hall–Kier alpha value is -5.25. The van der Waals surface area contributed by atoms with Gasteiger partial charge in [-0.2, -0.15) is 0 Å². The summed E-state index contributed by atoms with van der Waals surface area (Å²) < 4.78 is 17.8. The predicted molar refractivity (Wildman–Crippen MR) is 214 cm³/mol. The summed E-state index contributed by atoms with van der Waals surface area (Å²) in [7, 11) is 1.55. The van der Waals surface area contributed by atoms with Gasteiger partial charge in [0.05, 0.1) is 24.9 Å². The fourth-order valence-corrected chi connectivity index (χ4v) is 7.96. The maximum absolute atomic E-state index is 14.6. The summed E-state index contributed by atoms with van der Waals surface area (Å²) in [6.07, 6.45) is 3.41. The molecule has 6 rings (SSSR count). The lowest BCUT2D eigenvalue weighted by Crippen LogP contribution is -2.59. The van der Waals surface area contributed by atoms with Crippen molar-refractivity contribution in [3.63, 3.8) is 0 Å². The maximum atomic E-state index is 14.6. The summed E-state index contributed by atoms with van der Waals surface area (Å²) in [6, 6.07) is 4.81. The summed E-state index contributed by atoms with van der Waals surface area (Å²) >= 11 is 1.25. The monoisotopic (exact) mass is 804 g/mol. The molecular weight excluding hydrogens is 753 g/mol. The van der Waals surface area contributed by atoms with Crippen LogP contribution in [0.1, 0.15) is 80.1 Å². The van der Waals surface area contributed by atoms with E-state index in [0.29, 0.717) is 38.9 Å². The number of carboxylic acids is 1. The number of aromatic nitrogens is 2. The lowest BCUT2D eigenvalue weighted by molar-refractivity contribution is -0.146. The molecule has 2 aromatic heterocycles. The number of rotatable bonds is 12. The number of thiazole rings is 1. The summed E-state index contributed by atoms with van der Waals surface area (Å²) in [5, 5.41) is 21.2. The second-order valence-corrected chi connectivity index (χ2v) is 18.0. The smallest absolute Gasteiger partial charge is 0.408 e. The molecule has 0 unspecified atom stereocenters. The van der Waals surface area contributed by atoms with Crippen LogP contribution in [0.15, 0.2) is 42.3 Å². The second-order valence-electron chi connectivity index (χ2n) is 17.2. The molecule has 16 heteroatoms. The van der Waals surface area contributed by atoms with Gasteiger partial charge in [0, 0.05) is 40.7 Å². The molecule has 4 N–H and O–H groups in total. The fourth-order valence-electron chi connectivity index (χ4n) is 7.26. The van der Waals surface area contributed by atoms with Crippen molar-refractivity contribution in [1.29, 1.82) is 0 Å². The Morgan fingerprint density at radius 1 is 1.04 bits per heavy atom. The maximum Gasteiger partial charge on any atom is 0.408 e. The summed E-state index contributed by atoms with van der Waals surface area (Å²) in [6.45, 7) is 14.5. The molecular formula is C41H52N6O9S. The molecule has 0 bridgehead atoms. The number of nitrogens with one attached hydrogen (secondary N) is 3. The van der Waals surface area contributed by atoms with E-state index in [1.807, 2.05) is 20.8 Å². The lowest BCUT2D eigenvalue weighted by atomic mass is 9.85. The van der Waals surface area contributed by atoms with Crippen molar-refractivity contribution in [2.24, 2.45) is 16.7 Å². The number of ether oxygens (including phenoxy) is 3. The zero-order valence-corrected chi connectivity index (χ0v) is 34.3. The number of benzene rings is 1. The van der Waals surface area contributed by atoms with E-state index in [0.717, 1.165) is 25.7 Å². The van der Waals surface area contributed by atoms with E-state index in [9.17, 15) is 29.1 Å². The summed E-state index contributed by atoms with van der Waals surface area (Å²) in [5.41, 5.74) is -1.50. The third-order valence-electron chi connectivity index (χ3n) is 10.8. The van der Waals surface area contributed by atoms with Gasteiger partial charge >= 0.3 is 12.1 Å². The number of amides is 4. The number of methoxy groups -OCH3 is 1. The Bertz CT molecular complexity index is 2070. The highest BCUT2D eigenvalue weighted by atomic mass is 32.1. The van der Waals surface area contributed by atoms with Crippen LogP contribution in [0.3, 0.4) is 0 Å². The number of hydrogen-bond donors (Lipinski definition) is 4. The first-order chi connectivity index (χ1) is 26.8. The van der Waals surface area contributed by atoms with Crippen molar-refractivity contribution in [2.75, 3.05) is 19.0 Å². The van der Waals surface area contributed by atoms with E-state index in [4.69, 9.17) is 19.2 Å². The van der Waals surface area contributed by atoms with Crippen LogP contribution in [0.5, 0.6) is 11.5 Å². The van der Waals surface area contributed by atoms with Gasteiger partial charge < -0.3 is 40.2 Å². The van der Waals surface area contributed by atoms with Gasteiger partial charge in [0.15, 0.2) is 5.13 Å². The van der Waals surface area contributed by atoms with Crippen molar-refractivity contribution < 1.29 is 43.3 Å². The first-order valence-electron chi connectivity index (χ1n) is 19.2. The Labute approximate surface area is 335 Å².